The molecule has 2 aromatic rings. The maximum Gasteiger partial charge on any atom is 0.139 e. The van der Waals surface area contributed by atoms with Gasteiger partial charge in [-0.15, -0.1) is 0 Å². The van der Waals surface area contributed by atoms with Gasteiger partial charge in [-0.3, -0.25) is 0 Å². The molecule has 18 heavy (non-hydrogen) atoms. The van der Waals surface area contributed by atoms with Crippen LogP contribution < -0.4 is 0 Å². The summed E-state index contributed by atoms with van der Waals surface area (Å²) in [5, 5.41) is 0.865. The number of aryl methyl sites for hydroxylation is 1. The fraction of sp³-hybridized carbons (Fsp3) is 0.533. The van der Waals surface area contributed by atoms with Crippen molar-refractivity contribution in [1.82, 2.24) is 9.38 Å². The van der Waals surface area contributed by atoms with Crippen molar-refractivity contribution in [2.75, 3.05) is 0 Å². The molecule has 0 atom stereocenters. The SMILES string of the molecule is Cc1cccn2cc(CSC3CCCCC3)nc12. The van der Waals surface area contributed by atoms with Crippen LogP contribution in [-0.2, 0) is 5.75 Å². The van der Waals surface area contributed by atoms with Crippen molar-refractivity contribution < 1.29 is 0 Å². The first-order chi connectivity index (χ1) is 8.83. The molecule has 3 heteroatoms. The summed E-state index contributed by atoms with van der Waals surface area (Å²) in [4.78, 5) is 4.74. The molecule has 0 saturated heterocycles. The first kappa shape index (κ1) is 12.1. The van der Waals surface area contributed by atoms with Crippen LogP contribution in [0.3, 0.4) is 0 Å². The number of imidazole rings is 1. The number of nitrogens with zero attached hydrogens (tertiary/aromatic N) is 2. The highest BCUT2D eigenvalue weighted by atomic mass is 32.2. The van der Waals surface area contributed by atoms with Crippen LogP contribution >= 0.6 is 11.8 Å². The third-order valence-electron chi connectivity index (χ3n) is 3.75. The van der Waals surface area contributed by atoms with E-state index >= 15 is 0 Å². The highest BCUT2D eigenvalue weighted by Gasteiger charge is 2.14. The fourth-order valence-corrected chi connectivity index (χ4v) is 3.92. The standard InChI is InChI=1S/C15H20N2S/c1-12-6-5-9-17-10-13(16-15(12)17)11-18-14-7-3-2-4-8-14/h5-6,9-10,14H,2-4,7-8,11H2,1H3. The molecule has 3 rings (SSSR count). The highest BCUT2D eigenvalue weighted by molar-refractivity contribution is 7.99. The average molecular weight is 260 g/mol. The second-order valence-electron chi connectivity index (χ2n) is 5.23. The lowest BCUT2D eigenvalue weighted by atomic mass is 10.0. The third-order valence-corrected chi connectivity index (χ3v) is 5.15. The van der Waals surface area contributed by atoms with E-state index in [1.807, 2.05) is 0 Å². The van der Waals surface area contributed by atoms with Gasteiger partial charge in [0, 0.05) is 23.4 Å². The quantitative estimate of drug-likeness (QED) is 0.822. The van der Waals surface area contributed by atoms with E-state index in [2.05, 4.69) is 47.6 Å². The number of aromatic nitrogens is 2. The Labute approximate surface area is 113 Å². The van der Waals surface area contributed by atoms with Gasteiger partial charge in [0.1, 0.15) is 5.65 Å². The molecule has 2 aromatic heterocycles. The number of pyridine rings is 1. The Bertz CT molecular complexity index is 526. The van der Waals surface area contributed by atoms with Crippen molar-refractivity contribution in [3.05, 3.63) is 35.8 Å². The molecular formula is C15H20N2S. The van der Waals surface area contributed by atoms with Gasteiger partial charge in [0.15, 0.2) is 0 Å². The molecule has 0 radical (unpaired) electrons. The average Bonchev–Trinajstić information content (AvgIpc) is 2.82. The second-order valence-corrected chi connectivity index (χ2v) is 6.51. The molecule has 1 fully saturated rings. The number of rotatable bonds is 3. The van der Waals surface area contributed by atoms with Crippen LogP contribution in [0.15, 0.2) is 24.5 Å². The molecule has 2 heterocycles. The monoisotopic (exact) mass is 260 g/mol. The first-order valence-corrected chi connectivity index (χ1v) is 7.92. The zero-order valence-corrected chi connectivity index (χ0v) is 11.7. The van der Waals surface area contributed by atoms with Crippen LogP contribution in [0.1, 0.15) is 43.4 Å². The summed E-state index contributed by atoms with van der Waals surface area (Å²) in [6.07, 6.45) is 11.3. The molecule has 0 N–H and O–H groups in total. The normalized spacial score (nSPS) is 17.4. The summed E-state index contributed by atoms with van der Waals surface area (Å²) in [6.45, 7) is 2.13. The Kier molecular flexibility index (Phi) is 3.59. The van der Waals surface area contributed by atoms with Crippen LogP contribution in [0.5, 0.6) is 0 Å². The van der Waals surface area contributed by atoms with Crippen molar-refractivity contribution in [2.24, 2.45) is 0 Å². The van der Waals surface area contributed by atoms with E-state index in [1.54, 1.807) is 0 Å². The maximum atomic E-state index is 4.74. The lowest BCUT2D eigenvalue weighted by Crippen LogP contribution is -2.08. The summed E-state index contributed by atoms with van der Waals surface area (Å²) in [7, 11) is 0. The number of hydrogen-bond donors (Lipinski definition) is 0. The molecular weight excluding hydrogens is 240 g/mol. The Balaban J connectivity index is 1.69. The van der Waals surface area contributed by atoms with Gasteiger partial charge in [-0.05, 0) is 31.4 Å². The highest BCUT2D eigenvalue weighted by Crippen LogP contribution is 2.30. The summed E-state index contributed by atoms with van der Waals surface area (Å²) in [6, 6.07) is 4.21. The lowest BCUT2D eigenvalue weighted by molar-refractivity contribution is 0.516. The van der Waals surface area contributed by atoms with E-state index < -0.39 is 0 Å². The van der Waals surface area contributed by atoms with Gasteiger partial charge in [-0.25, -0.2) is 4.98 Å². The summed E-state index contributed by atoms with van der Waals surface area (Å²) >= 11 is 2.10. The molecule has 0 amide bonds. The Morgan fingerprint density at radius 1 is 1.33 bits per heavy atom. The minimum atomic E-state index is 0.865. The van der Waals surface area contributed by atoms with E-state index in [4.69, 9.17) is 4.98 Å². The fourth-order valence-electron chi connectivity index (χ4n) is 2.71. The van der Waals surface area contributed by atoms with E-state index in [1.165, 1.54) is 43.4 Å². The second kappa shape index (κ2) is 5.35. The first-order valence-electron chi connectivity index (χ1n) is 6.88. The molecule has 96 valence electrons. The van der Waals surface area contributed by atoms with Crippen LogP contribution in [-0.4, -0.2) is 14.6 Å². The van der Waals surface area contributed by atoms with Crippen molar-refractivity contribution in [2.45, 2.75) is 50.0 Å². The largest absolute Gasteiger partial charge is 0.307 e. The number of thioether (sulfide) groups is 1. The van der Waals surface area contributed by atoms with E-state index in [-0.39, 0.29) is 0 Å². The van der Waals surface area contributed by atoms with Crippen LogP contribution in [0.2, 0.25) is 0 Å². The summed E-state index contributed by atoms with van der Waals surface area (Å²) in [5.74, 6) is 1.06. The van der Waals surface area contributed by atoms with Gasteiger partial charge in [-0.1, -0.05) is 25.3 Å². The molecule has 0 aromatic carbocycles. The van der Waals surface area contributed by atoms with Gasteiger partial charge in [0.2, 0.25) is 0 Å². The molecule has 0 unspecified atom stereocenters. The Morgan fingerprint density at radius 3 is 2.94 bits per heavy atom. The van der Waals surface area contributed by atoms with Crippen molar-refractivity contribution in [3.8, 4) is 0 Å². The Hall–Kier alpha value is -0.960. The number of fused-ring (bicyclic) bond motifs is 1. The molecule has 0 aliphatic heterocycles. The predicted molar refractivity (Wildman–Crippen MR) is 78.1 cm³/mol. The molecule has 2 nitrogen and oxygen atoms in total. The minimum absolute atomic E-state index is 0.865. The Morgan fingerprint density at radius 2 is 2.17 bits per heavy atom. The zero-order chi connectivity index (χ0) is 12.4. The van der Waals surface area contributed by atoms with Crippen LogP contribution in [0.4, 0.5) is 0 Å². The van der Waals surface area contributed by atoms with Crippen LogP contribution in [0, 0.1) is 6.92 Å². The van der Waals surface area contributed by atoms with E-state index in [9.17, 15) is 0 Å². The van der Waals surface area contributed by atoms with Crippen molar-refractivity contribution in [3.63, 3.8) is 0 Å². The van der Waals surface area contributed by atoms with Gasteiger partial charge in [0.25, 0.3) is 0 Å². The van der Waals surface area contributed by atoms with Gasteiger partial charge in [-0.2, -0.15) is 11.8 Å². The van der Waals surface area contributed by atoms with Crippen LogP contribution in [0.25, 0.3) is 5.65 Å². The van der Waals surface area contributed by atoms with Gasteiger partial charge >= 0.3 is 0 Å². The van der Waals surface area contributed by atoms with Crippen molar-refractivity contribution >= 4 is 17.4 Å². The summed E-state index contributed by atoms with van der Waals surface area (Å²) in [5.41, 5.74) is 3.59. The molecule has 1 saturated carbocycles. The van der Waals surface area contributed by atoms with Gasteiger partial charge in [0.05, 0.1) is 5.69 Å². The van der Waals surface area contributed by atoms with Gasteiger partial charge < -0.3 is 4.40 Å². The lowest BCUT2D eigenvalue weighted by Gasteiger charge is -2.20. The molecule has 1 aliphatic carbocycles. The van der Waals surface area contributed by atoms with E-state index in [0.29, 0.717) is 0 Å². The zero-order valence-electron chi connectivity index (χ0n) is 10.9. The summed E-state index contributed by atoms with van der Waals surface area (Å²) < 4.78 is 2.14. The number of hydrogen-bond acceptors (Lipinski definition) is 2. The van der Waals surface area contributed by atoms with Crippen molar-refractivity contribution in [1.29, 1.82) is 0 Å². The maximum absolute atomic E-state index is 4.74. The predicted octanol–water partition coefficient (Wildman–Crippen LogP) is 4.21. The third kappa shape index (κ3) is 2.56. The van der Waals surface area contributed by atoms with E-state index in [0.717, 1.165) is 16.6 Å². The topological polar surface area (TPSA) is 17.3 Å². The minimum Gasteiger partial charge on any atom is -0.307 e. The molecule has 0 spiro atoms. The molecule has 1 aliphatic rings. The molecule has 0 bridgehead atoms. The smallest absolute Gasteiger partial charge is 0.139 e.